The van der Waals surface area contributed by atoms with Crippen LogP contribution in [0.15, 0.2) is 0 Å². The number of carbonyl (C=O) groups is 2. The highest BCUT2D eigenvalue weighted by Gasteiger charge is 2.21. The first-order chi connectivity index (χ1) is 7.02. The summed E-state index contributed by atoms with van der Waals surface area (Å²) in [4.78, 5) is 23.0. The zero-order chi connectivity index (χ0) is 13.0. The third kappa shape index (κ3) is 7.43. The molecule has 0 aromatic heterocycles. The van der Waals surface area contributed by atoms with Gasteiger partial charge >= 0.3 is 0 Å². The number of rotatable bonds is 4. The molecule has 94 valence electrons. The molecule has 0 saturated heterocycles. The van der Waals surface area contributed by atoms with Gasteiger partial charge in [0.1, 0.15) is 5.78 Å². The molecule has 16 heavy (non-hydrogen) atoms. The summed E-state index contributed by atoms with van der Waals surface area (Å²) in [5.41, 5.74) is -0.313. The predicted molar refractivity (Wildman–Crippen MR) is 66.2 cm³/mol. The van der Waals surface area contributed by atoms with Crippen LogP contribution in [0.25, 0.3) is 0 Å². The number of hydrogen-bond donors (Lipinski definition) is 1. The van der Waals surface area contributed by atoms with Crippen LogP contribution in [-0.2, 0) is 9.59 Å². The van der Waals surface area contributed by atoms with Crippen molar-refractivity contribution in [2.24, 2.45) is 10.8 Å². The largest absolute Gasteiger partial charge is 0.356 e. The van der Waals surface area contributed by atoms with Gasteiger partial charge in [-0.2, -0.15) is 0 Å². The second-order valence-corrected chi connectivity index (χ2v) is 6.51. The minimum atomic E-state index is -0.311. The van der Waals surface area contributed by atoms with E-state index < -0.39 is 0 Å². The van der Waals surface area contributed by atoms with Crippen molar-refractivity contribution in [2.45, 2.75) is 54.4 Å². The molecule has 1 N–H and O–H groups in total. The highest BCUT2D eigenvalue weighted by atomic mass is 16.1. The van der Waals surface area contributed by atoms with E-state index in [1.54, 1.807) is 0 Å². The van der Waals surface area contributed by atoms with Gasteiger partial charge in [-0.15, -0.1) is 0 Å². The monoisotopic (exact) mass is 227 g/mol. The molecule has 0 radical (unpaired) electrons. The molecule has 0 bridgehead atoms. The molecule has 0 aliphatic carbocycles. The maximum atomic E-state index is 11.6. The summed E-state index contributed by atoms with van der Waals surface area (Å²) in [6.45, 7) is 12.2. The lowest BCUT2D eigenvalue weighted by Crippen LogP contribution is -2.31. The average Bonchev–Trinajstić information content (AvgIpc) is 1.98. The SMILES string of the molecule is CC(C)(C)CC(=O)NCCC(=O)C(C)(C)C. The van der Waals surface area contributed by atoms with Gasteiger partial charge in [0.2, 0.25) is 5.91 Å². The summed E-state index contributed by atoms with van der Waals surface area (Å²) >= 11 is 0. The highest BCUT2D eigenvalue weighted by molar-refractivity contribution is 5.84. The van der Waals surface area contributed by atoms with Gasteiger partial charge in [0, 0.05) is 24.8 Å². The van der Waals surface area contributed by atoms with Crippen LogP contribution in [0.2, 0.25) is 0 Å². The topological polar surface area (TPSA) is 46.2 Å². The molecule has 0 unspecified atom stereocenters. The molecule has 0 spiro atoms. The van der Waals surface area contributed by atoms with Crippen LogP contribution in [0.5, 0.6) is 0 Å². The number of Topliss-reactive ketones (excluding diaryl/α,β-unsaturated/α-hetero) is 1. The van der Waals surface area contributed by atoms with Crippen molar-refractivity contribution >= 4 is 11.7 Å². The second kappa shape index (κ2) is 5.46. The van der Waals surface area contributed by atoms with Gasteiger partial charge in [0.25, 0.3) is 0 Å². The van der Waals surface area contributed by atoms with Gasteiger partial charge in [0.05, 0.1) is 0 Å². The fraction of sp³-hybridized carbons (Fsp3) is 0.846. The Kier molecular flexibility index (Phi) is 5.17. The third-order valence-electron chi connectivity index (χ3n) is 2.20. The minimum absolute atomic E-state index is 0.00187. The summed E-state index contributed by atoms with van der Waals surface area (Å²) in [6, 6.07) is 0. The molecule has 0 aromatic rings. The summed E-state index contributed by atoms with van der Waals surface area (Å²) in [7, 11) is 0. The smallest absolute Gasteiger partial charge is 0.220 e. The van der Waals surface area contributed by atoms with Gasteiger partial charge < -0.3 is 5.32 Å². The van der Waals surface area contributed by atoms with E-state index in [1.165, 1.54) is 0 Å². The number of nitrogens with one attached hydrogen (secondary N) is 1. The number of carbonyl (C=O) groups excluding carboxylic acids is 2. The van der Waals surface area contributed by atoms with Gasteiger partial charge in [-0.3, -0.25) is 9.59 Å². The van der Waals surface area contributed by atoms with E-state index in [9.17, 15) is 9.59 Å². The van der Waals surface area contributed by atoms with Crippen molar-refractivity contribution in [3.8, 4) is 0 Å². The number of hydrogen-bond acceptors (Lipinski definition) is 2. The molecule has 0 atom stereocenters. The lowest BCUT2D eigenvalue weighted by Gasteiger charge is -2.19. The second-order valence-electron chi connectivity index (χ2n) is 6.51. The average molecular weight is 227 g/mol. The Labute approximate surface area is 99.0 Å². The van der Waals surface area contributed by atoms with E-state index in [1.807, 2.05) is 41.5 Å². The van der Waals surface area contributed by atoms with Crippen LogP contribution in [0, 0.1) is 10.8 Å². The molecule has 0 fully saturated rings. The quantitative estimate of drug-likeness (QED) is 0.802. The van der Waals surface area contributed by atoms with Crippen LogP contribution in [0.4, 0.5) is 0 Å². The molecular formula is C13H25NO2. The number of amides is 1. The van der Waals surface area contributed by atoms with Gasteiger partial charge in [0.15, 0.2) is 0 Å². The number of ketones is 1. The van der Waals surface area contributed by atoms with E-state index >= 15 is 0 Å². The molecule has 0 aliphatic heterocycles. The van der Waals surface area contributed by atoms with E-state index in [2.05, 4.69) is 5.32 Å². The van der Waals surface area contributed by atoms with E-state index in [0.29, 0.717) is 19.4 Å². The van der Waals surface area contributed by atoms with Gasteiger partial charge in [-0.1, -0.05) is 41.5 Å². The molecule has 3 nitrogen and oxygen atoms in total. The predicted octanol–water partition coefficient (Wildman–Crippen LogP) is 2.54. The zero-order valence-electron chi connectivity index (χ0n) is 11.4. The molecule has 1 amide bonds. The molecule has 0 saturated carbocycles. The molecule has 0 aromatic carbocycles. The van der Waals surface area contributed by atoms with Crippen LogP contribution in [0.1, 0.15) is 54.4 Å². The summed E-state index contributed by atoms with van der Waals surface area (Å²) in [6.07, 6.45) is 0.913. The van der Waals surface area contributed by atoms with Crippen molar-refractivity contribution in [3.63, 3.8) is 0 Å². The van der Waals surface area contributed by atoms with E-state index in [-0.39, 0.29) is 22.5 Å². The molecule has 0 aliphatic rings. The summed E-state index contributed by atoms with van der Waals surface area (Å²) in [5, 5.41) is 2.78. The Bertz CT molecular complexity index is 256. The zero-order valence-corrected chi connectivity index (χ0v) is 11.4. The van der Waals surface area contributed by atoms with Crippen LogP contribution in [-0.4, -0.2) is 18.2 Å². The normalized spacial score (nSPS) is 12.4. The van der Waals surface area contributed by atoms with Crippen LogP contribution >= 0.6 is 0 Å². The van der Waals surface area contributed by atoms with Gasteiger partial charge in [-0.25, -0.2) is 0 Å². The molecule has 3 heteroatoms. The van der Waals surface area contributed by atoms with E-state index in [4.69, 9.17) is 0 Å². The molecular weight excluding hydrogens is 202 g/mol. The first kappa shape index (κ1) is 15.1. The lowest BCUT2D eigenvalue weighted by atomic mass is 9.89. The first-order valence-electron chi connectivity index (χ1n) is 5.82. The third-order valence-corrected chi connectivity index (χ3v) is 2.20. The Morgan fingerprint density at radius 3 is 1.88 bits per heavy atom. The standard InChI is InChI=1S/C13H25NO2/c1-12(2,3)9-11(16)14-8-7-10(15)13(4,5)6/h7-9H2,1-6H3,(H,14,16). The minimum Gasteiger partial charge on any atom is -0.356 e. The van der Waals surface area contributed by atoms with Gasteiger partial charge in [-0.05, 0) is 5.41 Å². The summed E-state index contributed by atoms with van der Waals surface area (Å²) in [5.74, 6) is 0.206. The van der Waals surface area contributed by atoms with Crippen molar-refractivity contribution in [1.82, 2.24) is 5.32 Å². The Morgan fingerprint density at radius 1 is 1.00 bits per heavy atom. The summed E-state index contributed by atoms with van der Waals surface area (Å²) < 4.78 is 0. The fourth-order valence-corrected chi connectivity index (χ4v) is 1.23. The maximum absolute atomic E-state index is 11.6. The first-order valence-corrected chi connectivity index (χ1v) is 5.82. The highest BCUT2D eigenvalue weighted by Crippen LogP contribution is 2.18. The van der Waals surface area contributed by atoms with Crippen molar-refractivity contribution in [3.05, 3.63) is 0 Å². The van der Waals surface area contributed by atoms with E-state index in [0.717, 1.165) is 0 Å². The Morgan fingerprint density at radius 2 is 1.50 bits per heavy atom. The Hall–Kier alpha value is -0.860. The van der Waals surface area contributed by atoms with Crippen LogP contribution in [0.3, 0.4) is 0 Å². The van der Waals surface area contributed by atoms with Crippen molar-refractivity contribution < 1.29 is 9.59 Å². The fourth-order valence-electron chi connectivity index (χ4n) is 1.23. The Balaban J connectivity index is 3.84. The van der Waals surface area contributed by atoms with Crippen molar-refractivity contribution in [1.29, 1.82) is 0 Å². The van der Waals surface area contributed by atoms with Crippen LogP contribution < -0.4 is 5.32 Å². The van der Waals surface area contributed by atoms with Crippen molar-refractivity contribution in [2.75, 3.05) is 6.54 Å². The maximum Gasteiger partial charge on any atom is 0.220 e. The molecule has 0 rings (SSSR count). The lowest BCUT2D eigenvalue weighted by molar-refractivity contribution is -0.126. The molecule has 0 heterocycles.